The molecule has 1 aromatic rings. The number of anilines is 1. The van der Waals surface area contributed by atoms with Crippen LogP contribution in [0.4, 0.5) is 5.82 Å². The van der Waals surface area contributed by atoms with Crippen molar-refractivity contribution >= 4 is 5.82 Å². The molecule has 4 nitrogen and oxygen atoms in total. The fourth-order valence-corrected chi connectivity index (χ4v) is 1.89. The first-order valence-electron chi connectivity index (χ1n) is 7.46. The molecule has 0 aliphatic heterocycles. The van der Waals surface area contributed by atoms with Crippen molar-refractivity contribution in [2.75, 3.05) is 18.5 Å². The van der Waals surface area contributed by atoms with Crippen LogP contribution in [0.5, 0.6) is 0 Å². The van der Waals surface area contributed by atoms with Crippen molar-refractivity contribution in [3.63, 3.8) is 0 Å². The quantitative estimate of drug-likeness (QED) is 0.868. The molecule has 0 fully saturated rings. The van der Waals surface area contributed by atoms with Crippen molar-refractivity contribution < 1.29 is 0 Å². The van der Waals surface area contributed by atoms with Gasteiger partial charge in [0.05, 0.1) is 18.1 Å². The van der Waals surface area contributed by atoms with E-state index in [2.05, 4.69) is 68.8 Å². The first kappa shape index (κ1) is 16.9. The molecule has 0 saturated heterocycles. The molecule has 1 atom stereocenters. The van der Waals surface area contributed by atoms with Crippen molar-refractivity contribution in [2.45, 2.75) is 54.1 Å². The average Bonchev–Trinajstić information content (AvgIpc) is 2.36. The van der Waals surface area contributed by atoms with Gasteiger partial charge in [0.2, 0.25) is 0 Å². The van der Waals surface area contributed by atoms with Crippen LogP contribution in [0.25, 0.3) is 0 Å². The minimum absolute atomic E-state index is 0.216. The monoisotopic (exact) mass is 278 g/mol. The van der Waals surface area contributed by atoms with E-state index in [0.29, 0.717) is 12.0 Å². The number of hydrogen-bond acceptors (Lipinski definition) is 4. The first-order valence-corrected chi connectivity index (χ1v) is 7.46. The van der Waals surface area contributed by atoms with E-state index in [0.717, 1.165) is 24.6 Å². The van der Waals surface area contributed by atoms with Gasteiger partial charge in [-0.05, 0) is 24.8 Å². The lowest BCUT2D eigenvalue weighted by Gasteiger charge is -2.35. The molecule has 0 aromatic carbocycles. The summed E-state index contributed by atoms with van der Waals surface area (Å²) < 4.78 is 0. The van der Waals surface area contributed by atoms with Crippen molar-refractivity contribution in [3.05, 3.63) is 18.1 Å². The molecule has 1 aromatic heterocycles. The van der Waals surface area contributed by atoms with Crippen molar-refractivity contribution in [2.24, 2.45) is 11.3 Å². The zero-order chi connectivity index (χ0) is 15.3. The molecule has 20 heavy (non-hydrogen) atoms. The molecule has 0 aliphatic rings. The highest BCUT2D eigenvalue weighted by Crippen LogP contribution is 2.25. The Morgan fingerprint density at radius 3 is 2.25 bits per heavy atom. The van der Waals surface area contributed by atoms with Crippen molar-refractivity contribution in [1.29, 1.82) is 0 Å². The molecule has 114 valence electrons. The molecule has 1 unspecified atom stereocenters. The molecule has 1 heterocycles. The lowest BCUT2D eigenvalue weighted by molar-refractivity contribution is 0.328. The fraction of sp³-hybridized carbons (Fsp3) is 0.750. The third-order valence-corrected chi connectivity index (χ3v) is 3.75. The number of aromatic nitrogens is 2. The van der Waals surface area contributed by atoms with Crippen LogP contribution in [0.2, 0.25) is 0 Å². The topological polar surface area (TPSA) is 41.1 Å². The van der Waals surface area contributed by atoms with E-state index in [9.17, 15) is 0 Å². The summed E-state index contributed by atoms with van der Waals surface area (Å²) in [5.41, 5.74) is 1.21. The van der Waals surface area contributed by atoms with E-state index < -0.39 is 0 Å². The molecule has 1 rings (SSSR count). The molecular formula is C16H30N4. The predicted molar refractivity (Wildman–Crippen MR) is 85.9 cm³/mol. The Labute approximate surface area is 124 Å². The molecule has 0 amide bonds. The third kappa shape index (κ3) is 5.08. The van der Waals surface area contributed by atoms with E-state index >= 15 is 0 Å². The van der Waals surface area contributed by atoms with Crippen LogP contribution in [0, 0.1) is 11.3 Å². The van der Waals surface area contributed by atoms with Gasteiger partial charge in [0.15, 0.2) is 0 Å². The zero-order valence-electron chi connectivity index (χ0n) is 14.1. The van der Waals surface area contributed by atoms with E-state index in [1.54, 1.807) is 0 Å². The maximum atomic E-state index is 4.53. The minimum atomic E-state index is 0.216. The van der Waals surface area contributed by atoms with Gasteiger partial charge >= 0.3 is 0 Å². The van der Waals surface area contributed by atoms with Crippen LogP contribution in [-0.4, -0.2) is 29.6 Å². The Bertz CT molecular complexity index is 392. The van der Waals surface area contributed by atoms with Crippen molar-refractivity contribution in [3.8, 4) is 0 Å². The molecule has 0 saturated carbocycles. The number of hydrogen-bond donors (Lipinski definition) is 1. The molecule has 0 aliphatic carbocycles. The number of rotatable bonds is 6. The summed E-state index contributed by atoms with van der Waals surface area (Å²) in [4.78, 5) is 11.2. The van der Waals surface area contributed by atoms with Crippen molar-refractivity contribution in [1.82, 2.24) is 15.3 Å². The Morgan fingerprint density at radius 1 is 1.15 bits per heavy atom. The SMILES string of the molecule is CC(C)CNCc1cnc(N(C)C(C)C(C)(C)C)cn1. The minimum Gasteiger partial charge on any atom is -0.355 e. The lowest BCUT2D eigenvalue weighted by Crippen LogP contribution is -2.39. The van der Waals surface area contributed by atoms with Gasteiger partial charge in [-0.3, -0.25) is 4.98 Å². The highest BCUT2D eigenvalue weighted by molar-refractivity contribution is 5.36. The van der Waals surface area contributed by atoms with Gasteiger partial charge in [-0.15, -0.1) is 0 Å². The summed E-state index contributed by atoms with van der Waals surface area (Å²) in [6, 6.07) is 0.404. The second-order valence-electron chi connectivity index (χ2n) is 7.04. The van der Waals surface area contributed by atoms with Crippen LogP contribution in [0.1, 0.15) is 47.2 Å². The third-order valence-electron chi connectivity index (χ3n) is 3.75. The Balaban J connectivity index is 2.62. The van der Waals surface area contributed by atoms with Crippen LogP contribution >= 0.6 is 0 Å². The predicted octanol–water partition coefficient (Wildman–Crippen LogP) is 3.09. The normalized spacial score (nSPS) is 13.6. The number of nitrogens with zero attached hydrogens (tertiary/aromatic N) is 3. The van der Waals surface area contributed by atoms with Gasteiger partial charge in [0.1, 0.15) is 5.82 Å². The van der Waals surface area contributed by atoms with Gasteiger partial charge < -0.3 is 10.2 Å². The van der Waals surface area contributed by atoms with E-state index in [4.69, 9.17) is 0 Å². The summed E-state index contributed by atoms with van der Waals surface area (Å²) in [7, 11) is 2.08. The fourth-order valence-electron chi connectivity index (χ4n) is 1.89. The largest absolute Gasteiger partial charge is 0.355 e. The van der Waals surface area contributed by atoms with Crippen LogP contribution in [0.15, 0.2) is 12.4 Å². The molecule has 0 radical (unpaired) electrons. The summed E-state index contributed by atoms with van der Waals surface area (Å²) in [6.45, 7) is 15.1. The Hall–Kier alpha value is -1.16. The zero-order valence-corrected chi connectivity index (χ0v) is 14.1. The Kier molecular flexibility index (Phi) is 5.93. The maximum absolute atomic E-state index is 4.53. The van der Waals surface area contributed by atoms with E-state index in [1.165, 1.54) is 0 Å². The van der Waals surface area contributed by atoms with Gasteiger partial charge in [0, 0.05) is 19.6 Å². The molecular weight excluding hydrogens is 248 g/mol. The number of nitrogens with one attached hydrogen (secondary N) is 1. The standard InChI is InChI=1S/C16H30N4/c1-12(2)8-17-9-14-10-19-15(11-18-14)20(7)13(3)16(4,5)6/h10-13,17H,8-9H2,1-7H3. The first-order chi connectivity index (χ1) is 9.21. The van der Waals surface area contributed by atoms with Gasteiger partial charge in [0.25, 0.3) is 0 Å². The molecule has 4 heteroatoms. The summed E-state index contributed by atoms with van der Waals surface area (Å²) in [5.74, 6) is 1.58. The van der Waals surface area contributed by atoms with Crippen LogP contribution in [0.3, 0.4) is 0 Å². The van der Waals surface area contributed by atoms with Crippen LogP contribution in [-0.2, 0) is 6.54 Å². The summed E-state index contributed by atoms with van der Waals surface area (Å²) in [6.07, 6.45) is 3.74. The smallest absolute Gasteiger partial charge is 0.147 e. The maximum Gasteiger partial charge on any atom is 0.147 e. The van der Waals surface area contributed by atoms with Gasteiger partial charge in [-0.2, -0.15) is 0 Å². The second-order valence-corrected chi connectivity index (χ2v) is 7.04. The molecule has 1 N–H and O–H groups in total. The van der Waals surface area contributed by atoms with Gasteiger partial charge in [-0.25, -0.2) is 4.98 Å². The highest BCUT2D eigenvalue weighted by Gasteiger charge is 2.24. The molecule has 0 bridgehead atoms. The average molecular weight is 278 g/mol. The van der Waals surface area contributed by atoms with E-state index in [1.807, 2.05) is 12.4 Å². The summed E-state index contributed by atoms with van der Waals surface area (Å²) in [5, 5.41) is 3.38. The molecule has 0 spiro atoms. The highest BCUT2D eigenvalue weighted by atomic mass is 15.2. The Morgan fingerprint density at radius 2 is 1.80 bits per heavy atom. The lowest BCUT2D eigenvalue weighted by atomic mass is 9.87. The second kappa shape index (κ2) is 7.02. The van der Waals surface area contributed by atoms with Crippen LogP contribution < -0.4 is 10.2 Å². The summed E-state index contributed by atoms with van der Waals surface area (Å²) >= 11 is 0. The van der Waals surface area contributed by atoms with E-state index in [-0.39, 0.29) is 5.41 Å². The van der Waals surface area contributed by atoms with Gasteiger partial charge in [-0.1, -0.05) is 34.6 Å².